The summed E-state index contributed by atoms with van der Waals surface area (Å²) in [6.45, 7) is 3.80. The monoisotopic (exact) mass is 355 g/mol. The fraction of sp³-hybridized carbons (Fsp3) is 0.429. The highest BCUT2D eigenvalue weighted by Crippen LogP contribution is 2.35. The molecule has 1 N–H and O–H groups in total. The second kappa shape index (κ2) is 5.73. The van der Waals surface area contributed by atoms with E-state index in [0.29, 0.717) is 22.9 Å². The number of nitrogens with zero attached hydrogens (tertiary/aromatic N) is 2. The zero-order valence-corrected chi connectivity index (χ0v) is 14.6. The molecule has 2 aromatic heterocycles. The highest BCUT2D eigenvalue weighted by molar-refractivity contribution is 7.89. The van der Waals surface area contributed by atoms with Crippen LogP contribution in [0.25, 0.3) is 0 Å². The van der Waals surface area contributed by atoms with Gasteiger partial charge in [-0.05, 0) is 18.4 Å². The molecule has 23 heavy (non-hydrogen) atoms. The van der Waals surface area contributed by atoms with Crippen LogP contribution in [-0.2, 0) is 16.4 Å². The molecule has 3 heterocycles. The largest absolute Gasteiger partial charge is 0.435 e. The van der Waals surface area contributed by atoms with E-state index >= 15 is 0 Å². The molecule has 0 unspecified atom stereocenters. The lowest BCUT2D eigenvalue weighted by Crippen LogP contribution is -2.42. The van der Waals surface area contributed by atoms with Gasteiger partial charge in [0.05, 0.1) is 16.6 Å². The first-order valence-corrected chi connectivity index (χ1v) is 9.47. The first-order chi connectivity index (χ1) is 10.8. The zero-order valence-electron chi connectivity index (χ0n) is 13.0. The third-order valence-corrected chi connectivity index (χ3v) is 6.80. The standard InChI is InChI=1S/C14H17N3O4S2/c1-4-11-15-8(2)12(21-11)14(18)16-9-7-17(3)23(19,20)10-5-6-22-13(9)10/h5-6,9H,4,7H2,1-3H3,(H,16,18)/t9-/m0/s1. The van der Waals surface area contributed by atoms with Crippen LogP contribution in [0.3, 0.4) is 0 Å². The van der Waals surface area contributed by atoms with Crippen LogP contribution in [0.5, 0.6) is 0 Å². The molecule has 1 aliphatic heterocycles. The average molecular weight is 355 g/mol. The van der Waals surface area contributed by atoms with Crippen molar-refractivity contribution in [3.8, 4) is 0 Å². The highest BCUT2D eigenvalue weighted by atomic mass is 32.2. The van der Waals surface area contributed by atoms with E-state index in [1.807, 2.05) is 6.92 Å². The molecule has 1 amide bonds. The summed E-state index contributed by atoms with van der Waals surface area (Å²) in [5.74, 6) is 0.301. The number of hydrogen-bond acceptors (Lipinski definition) is 6. The fourth-order valence-corrected chi connectivity index (χ4v) is 5.23. The Labute approximate surface area is 138 Å². The molecular weight excluding hydrogens is 338 g/mol. The molecule has 0 fully saturated rings. The average Bonchev–Trinajstić information content (AvgIpc) is 3.11. The Morgan fingerprint density at radius 1 is 1.57 bits per heavy atom. The van der Waals surface area contributed by atoms with Crippen LogP contribution in [-0.4, -0.2) is 37.2 Å². The Balaban J connectivity index is 1.89. The van der Waals surface area contributed by atoms with Crippen molar-refractivity contribution < 1.29 is 17.6 Å². The normalized spacial score (nSPS) is 20.2. The van der Waals surface area contributed by atoms with Gasteiger partial charge in [0.15, 0.2) is 5.89 Å². The number of aromatic nitrogens is 1. The number of aryl methyl sites for hydroxylation is 2. The second-order valence-corrected chi connectivity index (χ2v) is 8.30. The van der Waals surface area contributed by atoms with Crippen LogP contribution in [0.2, 0.25) is 0 Å². The van der Waals surface area contributed by atoms with Crippen molar-refractivity contribution in [1.82, 2.24) is 14.6 Å². The molecule has 3 rings (SSSR count). The van der Waals surface area contributed by atoms with E-state index in [9.17, 15) is 13.2 Å². The predicted octanol–water partition coefficient (Wildman–Crippen LogP) is 1.71. The number of hydrogen-bond donors (Lipinski definition) is 1. The molecule has 0 aromatic carbocycles. The Hall–Kier alpha value is -1.71. The van der Waals surface area contributed by atoms with Gasteiger partial charge in [-0.3, -0.25) is 4.79 Å². The lowest BCUT2D eigenvalue weighted by molar-refractivity contribution is 0.0901. The van der Waals surface area contributed by atoms with Crippen LogP contribution >= 0.6 is 11.3 Å². The quantitative estimate of drug-likeness (QED) is 0.905. The number of likely N-dealkylation sites (N-methyl/N-ethyl adjacent to an activating group) is 1. The Kier molecular flexibility index (Phi) is 4.03. The van der Waals surface area contributed by atoms with Crippen LogP contribution < -0.4 is 5.32 Å². The maximum Gasteiger partial charge on any atom is 0.289 e. The molecule has 9 heteroatoms. The van der Waals surface area contributed by atoms with E-state index in [-0.39, 0.29) is 23.1 Å². The zero-order chi connectivity index (χ0) is 16.8. The van der Waals surface area contributed by atoms with Gasteiger partial charge in [-0.1, -0.05) is 6.92 Å². The maximum absolute atomic E-state index is 12.5. The van der Waals surface area contributed by atoms with E-state index in [4.69, 9.17) is 4.42 Å². The first kappa shape index (κ1) is 16.2. The van der Waals surface area contributed by atoms with E-state index in [1.165, 1.54) is 22.7 Å². The minimum Gasteiger partial charge on any atom is -0.435 e. The van der Waals surface area contributed by atoms with Gasteiger partial charge in [0.25, 0.3) is 5.91 Å². The van der Waals surface area contributed by atoms with Gasteiger partial charge in [-0.25, -0.2) is 13.4 Å². The van der Waals surface area contributed by atoms with Crippen LogP contribution in [0, 0.1) is 6.92 Å². The number of oxazole rings is 1. The summed E-state index contributed by atoms with van der Waals surface area (Å²) >= 11 is 1.32. The minimum atomic E-state index is -3.46. The topological polar surface area (TPSA) is 92.5 Å². The number of rotatable bonds is 3. The summed E-state index contributed by atoms with van der Waals surface area (Å²) < 4.78 is 31.2. The smallest absolute Gasteiger partial charge is 0.289 e. The molecule has 0 saturated heterocycles. The summed E-state index contributed by atoms with van der Waals surface area (Å²) in [6.07, 6.45) is 0.605. The fourth-order valence-electron chi connectivity index (χ4n) is 2.53. The number of carbonyl (C=O) groups excluding carboxylic acids is 1. The number of carbonyl (C=O) groups is 1. The lowest BCUT2D eigenvalue weighted by Gasteiger charge is -2.29. The van der Waals surface area contributed by atoms with Crippen molar-refractivity contribution in [2.24, 2.45) is 0 Å². The van der Waals surface area contributed by atoms with Crippen LogP contribution in [0.1, 0.15) is 40.0 Å². The first-order valence-electron chi connectivity index (χ1n) is 7.15. The van der Waals surface area contributed by atoms with Crippen molar-refractivity contribution in [2.45, 2.75) is 31.2 Å². The number of fused-ring (bicyclic) bond motifs is 1. The molecule has 2 aromatic rings. The number of thiophene rings is 1. The molecule has 0 saturated carbocycles. The molecule has 124 valence electrons. The molecule has 1 atom stereocenters. The van der Waals surface area contributed by atoms with Gasteiger partial charge in [-0.2, -0.15) is 4.31 Å². The summed E-state index contributed by atoms with van der Waals surface area (Å²) in [6, 6.07) is 1.17. The van der Waals surface area contributed by atoms with Crippen LogP contribution in [0.4, 0.5) is 0 Å². The molecule has 0 radical (unpaired) electrons. The summed E-state index contributed by atoms with van der Waals surface area (Å²) in [5.41, 5.74) is 0.530. The second-order valence-electron chi connectivity index (χ2n) is 5.34. The van der Waals surface area contributed by atoms with E-state index in [0.717, 1.165) is 0 Å². The Bertz CT molecular complexity index is 853. The highest BCUT2D eigenvalue weighted by Gasteiger charge is 2.37. The van der Waals surface area contributed by atoms with E-state index < -0.39 is 16.1 Å². The Morgan fingerprint density at radius 2 is 2.30 bits per heavy atom. The molecule has 1 aliphatic rings. The summed E-state index contributed by atoms with van der Waals surface area (Å²) in [4.78, 5) is 17.5. The molecular formula is C14H17N3O4S2. The molecule has 0 bridgehead atoms. The number of nitrogens with one attached hydrogen (secondary N) is 1. The van der Waals surface area contributed by atoms with Crippen molar-refractivity contribution in [3.63, 3.8) is 0 Å². The third kappa shape index (κ3) is 2.68. The molecule has 0 aliphatic carbocycles. The number of amides is 1. The summed E-state index contributed by atoms with van der Waals surface area (Å²) in [5, 5.41) is 4.57. The van der Waals surface area contributed by atoms with E-state index in [2.05, 4.69) is 10.3 Å². The lowest BCUT2D eigenvalue weighted by atomic mass is 10.2. The molecule has 7 nitrogen and oxygen atoms in total. The van der Waals surface area contributed by atoms with Gasteiger partial charge in [0, 0.05) is 24.9 Å². The van der Waals surface area contributed by atoms with Gasteiger partial charge in [0.1, 0.15) is 0 Å². The van der Waals surface area contributed by atoms with Gasteiger partial charge >= 0.3 is 0 Å². The van der Waals surface area contributed by atoms with Crippen LogP contribution in [0.15, 0.2) is 20.8 Å². The van der Waals surface area contributed by atoms with Gasteiger partial charge in [0.2, 0.25) is 15.8 Å². The third-order valence-electron chi connectivity index (χ3n) is 3.76. The maximum atomic E-state index is 12.5. The summed E-state index contributed by atoms with van der Waals surface area (Å²) in [7, 11) is -1.96. The minimum absolute atomic E-state index is 0.177. The molecule has 0 spiro atoms. The van der Waals surface area contributed by atoms with Crippen molar-refractivity contribution in [2.75, 3.05) is 13.6 Å². The van der Waals surface area contributed by atoms with Crippen molar-refractivity contribution >= 4 is 27.3 Å². The van der Waals surface area contributed by atoms with Gasteiger partial charge < -0.3 is 9.73 Å². The number of sulfonamides is 1. The van der Waals surface area contributed by atoms with E-state index in [1.54, 1.807) is 18.4 Å². The van der Waals surface area contributed by atoms with Crippen molar-refractivity contribution in [3.05, 3.63) is 33.7 Å². The van der Waals surface area contributed by atoms with Gasteiger partial charge in [-0.15, -0.1) is 11.3 Å². The predicted molar refractivity (Wildman–Crippen MR) is 85.0 cm³/mol. The Morgan fingerprint density at radius 3 is 2.96 bits per heavy atom. The SMILES string of the molecule is CCc1nc(C)c(C(=O)N[C@H]2CN(C)S(=O)(=O)c3ccsc32)o1. The van der Waals surface area contributed by atoms with Crippen molar-refractivity contribution in [1.29, 1.82) is 0 Å².